The van der Waals surface area contributed by atoms with Crippen LogP contribution in [0.3, 0.4) is 0 Å². The molecule has 3 rings (SSSR count). The Bertz CT molecular complexity index is 502. The largest absolute Gasteiger partial charge is 0.356 e. The third-order valence-corrected chi connectivity index (χ3v) is 5.32. The summed E-state index contributed by atoms with van der Waals surface area (Å²) in [5, 5.41) is 3.58. The van der Waals surface area contributed by atoms with E-state index in [1.54, 1.807) is 0 Å². The highest BCUT2D eigenvalue weighted by Crippen LogP contribution is 2.25. The van der Waals surface area contributed by atoms with Gasteiger partial charge in [-0.15, -0.1) is 0 Å². The Morgan fingerprint density at radius 1 is 1.17 bits per heavy atom. The molecule has 1 aromatic rings. The van der Waals surface area contributed by atoms with Crippen LogP contribution in [0, 0.1) is 5.92 Å². The van der Waals surface area contributed by atoms with E-state index in [2.05, 4.69) is 37.2 Å². The van der Waals surface area contributed by atoms with Crippen LogP contribution < -0.4 is 10.2 Å². The Morgan fingerprint density at radius 2 is 1.96 bits per heavy atom. The summed E-state index contributed by atoms with van der Waals surface area (Å²) in [5.74, 6) is 3.06. The molecule has 2 aliphatic rings. The van der Waals surface area contributed by atoms with Gasteiger partial charge in [-0.1, -0.05) is 38.2 Å². The van der Waals surface area contributed by atoms with Crippen molar-refractivity contribution in [1.82, 2.24) is 15.2 Å². The van der Waals surface area contributed by atoms with Gasteiger partial charge < -0.3 is 15.1 Å². The molecule has 1 saturated carbocycles. The maximum absolute atomic E-state index is 4.49. The lowest BCUT2D eigenvalue weighted by atomic mass is 9.87. The van der Waals surface area contributed by atoms with Crippen molar-refractivity contribution in [1.29, 1.82) is 0 Å². The third kappa shape index (κ3) is 4.62. The highest BCUT2D eigenvalue weighted by molar-refractivity contribution is 5.80. The molecule has 2 fully saturated rings. The van der Waals surface area contributed by atoms with Gasteiger partial charge in [0.1, 0.15) is 5.82 Å². The summed E-state index contributed by atoms with van der Waals surface area (Å²) < 4.78 is 0. The number of guanidine groups is 1. The van der Waals surface area contributed by atoms with E-state index in [0.717, 1.165) is 50.4 Å². The summed E-state index contributed by atoms with van der Waals surface area (Å²) in [7, 11) is 1.90. The minimum absolute atomic E-state index is 0.922. The topological polar surface area (TPSA) is 43.8 Å². The molecular weight excluding hydrogens is 298 g/mol. The second-order valence-electron chi connectivity index (χ2n) is 6.93. The van der Waals surface area contributed by atoms with E-state index in [1.807, 2.05) is 19.3 Å². The molecule has 1 aliphatic heterocycles. The Balaban J connectivity index is 1.42. The standard InChI is InChI=1S/C19H31N5/c1-20-19(22-12-10-17-7-3-2-4-8-17)24-15-13-23(14-16-24)18-9-5-6-11-21-18/h5-6,9,11,17H,2-4,7-8,10,12-16H2,1H3,(H,20,22). The van der Waals surface area contributed by atoms with Crippen molar-refractivity contribution in [2.24, 2.45) is 10.9 Å². The van der Waals surface area contributed by atoms with E-state index in [4.69, 9.17) is 0 Å². The molecule has 0 bridgehead atoms. The molecule has 5 heteroatoms. The number of hydrogen-bond donors (Lipinski definition) is 1. The molecular formula is C19H31N5. The first-order chi connectivity index (χ1) is 11.9. The number of aromatic nitrogens is 1. The lowest BCUT2D eigenvalue weighted by Crippen LogP contribution is -2.53. The molecule has 0 aromatic carbocycles. The van der Waals surface area contributed by atoms with Gasteiger partial charge in [0, 0.05) is 46.0 Å². The van der Waals surface area contributed by atoms with Gasteiger partial charge in [-0.3, -0.25) is 4.99 Å². The van der Waals surface area contributed by atoms with E-state index in [1.165, 1.54) is 38.5 Å². The number of pyridine rings is 1. The smallest absolute Gasteiger partial charge is 0.193 e. The fourth-order valence-electron chi connectivity index (χ4n) is 3.88. The van der Waals surface area contributed by atoms with Gasteiger partial charge in [0.2, 0.25) is 0 Å². The quantitative estimate of drug-likeness (QED) is 0.681. The first-order valence-corrected chi connectivity index (χ1v) is 9.48. The number of rotatable bonds is 4. The number of hydrogen-bond acceptors (Lipinski definition) is 3. The van der Waals surface area contributed by atoms with Crippen LogP contribution in [0.15, 0.2) is 29.4 Å². The molecule has 2 heterocycles. The van der Waals surface area contributed by atoms with Crippen LogP contribution >= 0.6 is 0 Å². The molecule has 0 amide bonds. The Morgan fingerprint density at radius 3 is 2.62 bits per heavy atom. The van der Waals surface area contributed by atoms with Crippen LogP contribution in [-0.2, 0) is 0 Å². The Hall–Kier alpha value is -1.78. The van der Waals surface area contributed by atoms with Crippen LogP contribution in [-0.4, -0.2) is 55.6 Å². The van der Waals surface area contributed by atoms with Crippen molar-refractivity contribution in [3.8, 4) is 0 Å². The lowest BCUT2D eigenvalue weighted by molar-refractivity contribution is 0.332. The summed E-state index contributed by atoms with van der Waals surface area (Å²) in [6.07, 6.45) is 10.3. The van der Waals surface area contributed by atoms with Crippen LogP contribution in [0.5, 0.6) is 0 Å². The lowest BCUT2D eigenvalue weighted by Gasteiger charge is -2.37. The molecule has 24 heavy (non-hydrogen) atoms. The zero-order chi connectivity index (χ0) is 16.6. The monoisotopic (exact) mass is 329 g/mol. The normalized spacial score (nSPS) is 20.3. The van der Waals surface area contributed by atoms with E-state index in [0.29, 0.717) is 0 Å². The minimum atomic E-state index is 0.922. The molecule has 1 aliphatic carbocycles. The molecule has 1 N–H and O–H groups in total. The molecule has 0 radical (unpaired) electrons. The number of nitrogens with zero attached hydrogens (tertiary/aromatic N) is 4. The van der Waals surface area contributed by atoms with Gasteiger partial charge in [-0.05, 0) is 24.5 Å². The molecule has 0 unspecified atom stereocenters. The van der Waals surface area contributed by atoms with Crippen molar-refractivity contribution in [2.45, 2.75) is 38.5 Å². The van der Waals surface area contributed by atoms with Gasteiger partial charge in [0.25, 0.3) is 0 Å². The SMILES string of the molecule is CN=C(NCCC1CCCCC1)N1CCN(c2ccccn2)CC1. The predicted molar refractivity (Wildman–Crippen MR) is 101 cm³/mol. The molecule has 132 valence electrons. The summed E-state index contributed by atoms with van der Waals surface area (Å²) in [4.78, 5) is 13.7. The number of piperazine rings is 1. The molecule has 1 saturated heterocycles. The summed E-state index contributed by atoms with van der Waals surface area (Å²) in [6, 6.07) is 6.12. The number of nitrogens with one attached hydrogen (secondary N) is 1. The highest BCUT2D eigenvalue weighted by Gasteiger charge is 2.20. The summed E-state index contributed by atoms with van der Waals surface area (Å²) in [5.41, 5.74) is 0. The second-order valence-corrected chi connectivity index (χ2v) is 6.93. The van der Waals surface area contributed by atoms with Crippen molar-refractivity contribution in [2.75, 3.05) is 44.7 Å². The minimum Gasteiger partial charge on any atom is -0.356 e. The van der Waals surface area contributed by atoms with Gasteiger partial charge in [-0.2, -0.15) is 0 Å². The Kier molecular flexibility index (Phi) is 6.33. The van der Waals surface area contributed by atoms with E-state index >= 15 is 0 Å². The average Bonchev–Trinajstić information content (AvgIpc) is 2.67. The predicted octanol–water partition coefficient (Wildman–Crippen LogP) is 2.75. The summed E-state index contributed by atoms with van der Waals surface area (Å²) in [6.45, 7) is 5.05. The van der Waals surface area contributed by atoms with E-state index in [-0.39, 0.29) is 0 Å². The van der Waals surface area contributed by atoms with Gasteiger partial charge in [0.05, 0.1) is 0 Å². The van der Waals surface area contributed by atoms with Crippen molar-refractivity contribution < 1.29 is 0 Å². The van der Waals surface area contributed by atoms with Crippen LogP contribution in [0.2, 0.25) is 0 Å². The average molecular weight is 329 g/mol. The maximum Gasteiger partial charge on any atom is 0.193 e. The van der Waals surface area contributed by atoms with E-state index < -0.39 is 0 Å². The van der Waals surface area contributed by atoms with Crippen molar-refractivity contribution in [3.63, 3.8) is 0 Å². The van der Waals surface area contributed by atoms with Crippen LogP contribution in [0.4, 0.5) is 5.82 Å². The van der Waals surface area contributed by atoms with E-state index in [9.17, 15) is 0 Å². The van der Waals surface area contributed by atoms with Crippen LogP contribution in [0.1, 0.15) is 38.5 Å². The van der Waals surface area contributed by atoms with Gasteiger partial charge in [0.15, 0.2) is 5.96 Å². The van der Waals surface area contributed by atoms with Crippen LogP contribution in [0.25, 0.3) is 0 Å². The zero-order valence-electron chi connectivity index (χ0n) is 15.0. The first-order valence-electron chi connectivity index (χ1n) is 9.48. The Labute approximate surface area is 146 Å². The molecule has 1 aromatic heterocycles. The van der Waals surface area contributed by atoms with Crippen molar-refractivity contribution in [3.05, 3.63) is 24.4 Å². The number of aliphatic imine (C=N–C) groups is 1. The zero-order valence-corrected chi connectivity index (χ0v) is 15.0. The molecule has 0 atom stereocenters. The molecule has 0 spiro atoms. The fourth-order valence-corrected chi connectivity index (χ4v) is 3.88. The molecule has 5 nitrogen and oxygen atoms in total. The second kappa shape index (κ2) is 8.90. The highest BCUT2D eigenvalue weighted by atomic mass is 15.4. The number of anilines is 1. The maximum atomic E-state index is 4.49. The third-order valence-electron chi connectivity index (χ3n) is 5.32. The fraction of sp³-hybridized carbons (Fsp3) is 0.684. The first kappa shape index (κ1) is 17.1. The van der Waals surface area contributed by atoms with Crippen molar-refractivity contribution >= 4 is 11.8 Å². The van der Waals surface area contributed by atoms with Gasteiger partial charge >= 0.3 is 0 Å². The summed E-state index contributed by atoms with van der Waals surface area (Å²) >= 11 is 0. The van der Waals surface area contributed by atoms with Gasteiger partial charge in [-0.25, -0.2) is 4.98 Å².